The van der Waals surface area contributed by atoms with Gasteiger partial charge in [0.25, 0.3) is 0 Å². The van der Waals surface area contributed by atoms with E-state index in [4.69, 9.17) is 9.47 Å². The largest absolute Gasteiger partial charge is 0.504 e. The van der Waals surface area contributed by atoms with E-state index in [0.717, 1.165) is 33.4 Å². The second-order valence-corrected chi connectivity index (χ2v) is 14.2. The molecule has 0 amide bonds. The van der Waals surface area contributed by atoms with E-state index in [1.807, 2.05) is 149 Å². The quantitative estimate of drug-likeness (QED) is 0.124. The van der Waals surface area contributed by atoms with E-state index in [1.54, 1.807) is 12.1 Å². The molecule has 0 spiro atoms. The first-order valence-corrected chi connectivity index (χ1v) is 18.4. The van der Waals surface area contributed by atoms with Crippen molar-refractivity contribution in [3.63, 3.8) is 0 Å². The van der Waals surface area contributed by atoms with Crippen LogP contribution >= 0.6 is 0 Å². The molecule has 0 radical (unpaired) electrons. The van der Waals surface area contributed by atoms with E-state index in [2.05, 4.69) is 0 Å². The van der Waals surface area contributed by atoms with Gasteiger partial charge in [-0.1, -0.05) is 137 Å². The highest BCUT2D eigenvalue weighted by Crippen LogP contribution is 2.47. The fourth-order valence-electron chi connectivity index (χ4n) is 6.70. The topological polar surface area (TPSA) is 93.1 Å². The minimum Gasteiger partial charge on any atom is -0.504 e. The predicted octanol–water partition coefficient (Wildman–Crippen LogP) is 10.2. The van der Waals surface area contributed by atoms with Gasteiger partial charge in [-0.2, -0.15) is 0 Å². The fourth-order valence-corrected chi connectivity index (χ4v) is 6.70. The molecule has 0 heterocycles. The smallest absolute Gasteiger partial charge is 0.220 e. The number of benzene rings is 4. The first-order valence-electron chi connectivity index (χ1n) is 18.4. The van der Waals surface area contributed by atoms with Crippen molar-refractivity contribution in [3.8, 4) is 23.0 Å². The van der Waals surface area contributed by atoms with Crippen molar-refractivity contribution in [3.05, 3.63) is 211 Å². The molecule has 2 atom stereocenters. The number of rotatable bonds is 13. The zero-order valence-corrected chi connectivity index (χ0v) is 31.1. The van der Waals surface area contributed by atoms with Crippen LogP contribution in [0.1, 0.15) is 95.9 Å². The summed E-state index contributed by atoms with van der Waals surface area (Å²) in [7, 11) is 0. The van der Waals surface area contributed by atoms with Crippen LogP contribution in [-0.2, 0) is 13.2 Å². The number of hydrogen-bond donors (Lipinski definition) is 2. The highest BCUT2D eigenvalue weighted by atomic mass is 16.5. The van der Waals surface area contributed by atoms with E-state index in [9.17, 15) is 19.8 Å². The Balaban J connectivity index is 1.53. The molecule has 6 nitrogen and oxygen atoms in total. The lowest BCUT2D eigenvalue weighted by molar-refractivity contribution is 0.306. The predicted molar refractivity (Wildman–Crippen MR) is 215 cm³/mol. The van der Waals surface area contributed by atoms with Gasteiger partial charge >= 0.3 is 0 Å². The Morgan fingerprint density at radius 1 is 0.444 bits per heavy atom. The van der Waals surface area contributed by atoms with Gasteiger partial charge in [0.1, 0.15) is 24.7 Å². The molecular weight excluding hydrogens is 673 g/mol. The molecule has 0 aromatic heterocycles. The molecule has 0 aliphatic carbocycles. The summed E-state index contributed by atoms with van der Waals surface area (Å²) in [4.78, 5) is 27.2. The van der Waals surface area contributed by atoms with Crippen LogP contribution < -0.4 is 20.3 Å². The average molecular weight is 719 g/mol. The van der Waals surface area contributed by atoms with Crippen molar-refractivity contribution in [2.45, 2.75) is 64.6 Å². The third-order valence-corrected chi connectivity index (χ3v) is 9.83. The Bertz CT molecular complexity index is 2120. The van der Waals surface area contributed by atoms with Crippen molar-refractivity contribution in [2.24, 2.45) is 0 Å². The van der Waals surface area contributed by atoms with E-state index in [-0.39, 0.29) is 11.8 Å². The van der Waals surface area contributed by atoms with Gasteiger partial charge in [-0.3, -0.25) is 9.59 Å². The maximum Gasteiger partial charge on any atom is 0.220 e. The second kappa shape index (κ2) is 17.1. The van der Waals surface area contributed by atoms with Crippen LogP contribution in [0, 0.1) is 0 Å². The zero-order valence-electron chi connectivity index (χ0n) is 31.1. The third-order valence-electron chi connectivity index (χ3n) is 9.83. The summed E-state index contributed by atoms with van der Waals surface area (Å²) in [5, 5.41) is 23.5. The van der Waals surface area contributed by atoms with E-state index in [1.165, 1.54) is 12.1 Å². The molecule has 6 heteroatoms. The van der Waals surface area contributed by atoms with Gasteiger partial charge in [-0.05, 0) is 81.6 Å². The van der Waals surface area contributed by atoms with Crippen molar-refractivity contribution in [1.82, 2.24) is 0 Å². The lowest BCUT2D eigenvalue weighted by atomic mass is 9.73. The summed E-state index contributed by atoms with van der Waals surface area (Å²) in [5.74, 6) is -0.909. The van der Waals surface area contributed by atoms with Crippen molar-refractivity contribution >= 4 is 0 Å². The molecule has 0 bridgehead atoms. The minimum atomic E-state index is -0.737. The average Bonchev–Trinajstić information content (AvgIpc) is 3.43. The zero-order chi connectivity index (χ0) is 38.2. The molecule has 0 saturated heterocycles. The van der Waals surface area contributed by atoms with Gasteiger partial charge in [0, 0.05) is 23.0 Å². The Hall–Kier alpha value is -6.14. The molecule has 6 rings (SSSR count). The van der Waals surface area contributed by atoms with Gasteiger partial charge in [-0.15, -0.1) is 0 Å². The van der Waals surface area contributed by atoms with Crippen LogP contribution in [0.2, 0.25) is 0 Å². The summed E-state index contributed by atoms with van der Waals surface area (Å²) in [6, 6.07) is 45.1. The van der Waals surface area contributed by atoms with E-state index >= 15 is 0 Å². The Labute approximate surface area is 317 Å². The van der Waals surface area contributed by atoms with Crippen LogP contribution in [0.5, 0.6) is 23.0 Å². The Morgan fingerprint density at radius 2 is 0.778 bits per heavy atom. The number of hydrogen-bond acceptors (Lipinski definition) is 6. The molecule has 6 aromatic carbocycles. The monoisotopic (exact) mass is 718 g/mol. The Morgan fingerprint density at radius 3 is 1.11 bits per heavy atom. The summed E-state index contributed by atoms with van der Waals surface area (Å²) in [6.45, 7) is 8.74. The molecular formula is C48H46O6. The molecule has 2 N–H and O–H groups in total. The molecule has 274 valence electrons. The molecule has 0 saturated carbocycles. The molecule has 0 fully saturated rings. The molecule has 54 heavy (non-hydrogen) atoms. The third kappa shape index (κ3) is 8.89. The molecule has 6 aromatic rings. The SMILES string of the molecule is CC(C)c1ccc(C(c2ccc(OCc3ccccc3)cc2)C(c2ccc(OCc3ccccc3)cc2)c2ccc(C(C)C)cc(=O)c2O)c(O)c(=O)c1. The summed E-state index contributed by atoms with van der Waals surface area (Å²) in [5.41, 5.74) is 4.80. The van der Waals surface area contributed by atoms with Crippen molar-refractivity contribution < 1.29 is 19.7 Å². The van der Waals surface area contributed by atoms with E-state index < -0.39 is 34.2 Å². The highest BCUT2D eigenvalue weighted by Gasteiger charge is 2.33. The molecule has 2 unspecified atom stereocenters. The van der Waals surface area contributed by atoms with Crippen LogP contribution in [0.25, 0.3) is 0 Å². The maximum atomic E-state index is 13.6. The van der Waals surface area contributed by atoms with Crippen LogP contribution in [0.4, 0.5) is 0 Å². The van der Waals surface area contributed by atoms with Gasteiger partial charge < -0.3 is 19.7 Å². The van der Waals surface area contributed by atoms with Gasteiger partial charge in [-0.25, -0.2) is 0 Å². The van der Waals surface area contributed by atoms with Gasteiger partial charge in [0.2, 0.25) is 10.9 Å². The maximum absolute atomic E-state index is 13.6. The summed E-state index contributed by atoms with van der Waals surface area (Å²) < 4.78 is 12.2. The standard InChI is InChI=1S/C48H46O6/c1-31(2)37-19-25-41(47(51)43(49)27-37)45(35-15-21-39(22-16-35)53-29-33-11-7-5-8-12-33)46(42-26-20-38(32(3)4)28-44(50)48(42)52)36-17-23-40(24-18-36)54-30-34-13-9-6-10-14-34/h5-28,31-32,45-46H,29-30H2,1-4H3,(H,49,51)(H,50,52). The van der Waals surface area contributed by atoms with Crippen LogP contribution in [-0.4, -0.2) is 10.2 Å². The number of ether oxygens (including phenoxy) is 2. The second-order valence-electron chi connectivity index (χ2n) is 14.2. The van der Waals surface area contributed by atoms with E-state index in [0.29, 0.717) is 35.8 Å². The van der Waals surface area contributed by atoms with Crippen LogP contribution in [0.3, 0.4) is 0 Å². The highest BCUT2D eigenvalue weighted by molar-refractivity contribution is 5.53. The Kier molecular flexibility index (Phi) is 11.9. The lowest BCUT2D eigenvalue weighted by Gasteiger charge is -2.29. The lowest BCUT2D eigenvalue weighted by Crippen LogP contribution is -2.17. The molecule has 0 aliphatic rings. The van der Waals surface area contributed by atoms with Gasteiger partial charge in [0.05, 0.1) is 0 Å². The fraction of sp³-hybridized carbons (Fsp3) is 0.208. The van der Waals surface area contributed by atoms with Crippen molar-refractivity contribution in [2.75, 3.05) is 0 Å². The minimum absolute atomic E-state index is 0.0331. The summed E-state index contributed by atoms with van der Waals surface area (Å²) >= 11 is 0. The first-order chi connectivity index (χ1) is 26.1. The van der Waals surface area contributed by atoms with Crippen LogP contribution in [0.15, 0.2) is 155 Å². The van der Waals surface area contributed by atoms with Crippen molar-refractivity contribution in [1.29, 1.82) is 0 Å². The first kappa shape index (κ1) is 37.6. The molecule has 0 aliphatic heterocycles. The summed E-state index contributed by atoms with van der Waals surface area (Å²) in [6.07, 6.45) is 0. The normalized spacial score (nSPS) is 12.3. The van der Waals surface area contributed by atoms with Gasteiger partial charge in [0.15, 0.2) is 11.5 Å². The number of aromatic hydroxyl groups is 2.